The number of hydrogen-bond acceptors (Lipinski definition) is 6. The van der Waals surface area contributed by atoms with Gasteiger partial charge in [-0.3, -0.25) is 10.1 Å². The molecule has 2 heterocycles. The van der Waals surface area contributed by atoms with Crippen LogP contribution in [0.2, 0.25) is 0 Å². The van der Waals surface area contributed by atoms with Crippen molar-refractivity contribution in [3.63, 3.8) is 0 Å². The highest BCUT2D eigenvalue weighted by atomic mass is 32.2. The molecule has 1 aliphatic rings. The summed E-state index contributed by atoms with van der Waals surface area (Å²) >= 11 is 5.41. The van der Waals surface area contributed by atoms with E-state index in [1.54, 1.807) is 0 Å². The lowest BCUT2D eigenvalue weighted by atomic mass is 10.0. The molecule has 7 heteroatoms. The lowest BCUT2D eigenvalue weighted by molar-refractivity contribution is -0.118. The maximum Gasteiger partial charge on any atom is 0.264 e. The largest absolute Gasteiger partial charge is 0.484 e. The van der Waals surface area contributed by atoms with Crippen molar-refractivity contribution in [3.05, 3.63) is 64.5 Å². The zero-order valence-corrected chi connectivity index (χ0v) is 19.5. The van der Waals surface area contributed by atoms with Gasteiger partial charge in [0.05, 0.1) is 10.3 Å². The Morgan fingerprint density at radius 1 is 1.13 bits per heavy atom. The number of benzene rings is 2. The van der Waals surface area contributed by atoms with Crippen LogP contribution < -0.4 is 10.1 Å². The van der Waals surface area contributed by atoms with Gasteiger partial charge in [0, 0.05) is 10.9 Å². The number of thioether (sulfide) groups is 2. The third kappa shape index (κ3) is 5.39. The van der Waals surface area contributed by atoms with Crippen LogP contribution in [-0.2, 0) is 4.79 Å². The molecule has 1 aromatic heterocycles. The third-order valence-corrected chi connectivity index (χ3v) is 8.54. The molecular formula is C23H24N2O2S3. The van der Waals surface area contributed by atoms with Gasteiger partial charge in [-0.15, -0.1) is 34.9 Å². The summed E-state index contributed by atoms with van der Waals surface area (Å²) in [7, 11) is 0. The summed E-state index contributed by atoms with van der Waals surface area (Å²) in [5, 5.41) is 5.39. The van der Waals surface area contributed by atoms with Crippen molar-refractivity contribution in [2.24, 2.45) is 0 Å². The number of anilines is 1. The standard InChI is InChI=1S/C23H24N2O2S3/c1-15-4-5-16(2)19(12-15)20-14-30-23(24-20)25-21(26)13-27-18-8-6-17(7-9-18)22-28-10-3-11-29-22/h4-9,12,14,22H,3,10-11,13H2,1-2H3,(H,24,25,26). The van der Waals surface area contributed by atoms with Gasteiger partial charge >= 0.3 is 0 Å². The van der Waals surface area contributed by atoms with Gasteiger partial charge in [0.1, 0.15) is 5.75 Å². The van der Waals surface area contributed by atoms with Crippen molar-refractivity contribution in [1.82, 2.24) is 4.98 Å². The molecule has 1 N–H and O–H groups in total. The van der Waals surface area contributed by atoms with E-state index in [0.29, 0.717) is 15.5 Å². The normalized spacial score (nSPS) is 14.5. The molecule has 2 aromatic carbocycles. The zero-order chi connectivity index (χ0) is 20.9. The second kappa shape index (κ2) is 9.90. The van der Waals surface area contributed by atoms with E-state index in [0.717, 1.165) is 11.3 Å². The highest BCUT2D eigenvalue weighted by molar-refractivity contribution is 8.16. The molecule has 1 fully saturated rings. The average molecular weight is 457 g/mol. The molecule has 0 unspecified atom stereocenters. The molecule has 4 nitrogen and oxygen atoms in total. The van der Waals surface area contributed by atoms with Crippen molar-refractivity contribution >= 4 is 45.9 Å². The fourth-order valence-electron chi connectivity index (χ4n) is 3.17. The van der Waals surface area contributed by atoms with E-state index in [1.165, 1.54) is 46.0 Å². The minimum absolute atomic E-state index is 0.0370. The average Bonchev–Trinajstić information content (AvgIpc) is 3.23. The molecular weight excluding hydrogens is 432 g/mol. The first-order valence-electron chi connectivity index (χ1n) is 9.87. The molecule has 0 aliphatic carbocycles. The number of aryl methyl sites for hydroxylation is 2. The number of thiazole rings is 1. The Morgan fingerprint density at radius 2 is 1.90 bits per heavy atom. The minimum atomic E-state index is -0.209. The number of nitrogens with zero attached hydrogens (tertiary/aromatic N) is 1. The van der Waals surface area contributed by atoms with Crippen LogP contribution in [0.1, 0.15) is 27.7 Å². The molecule has 0 atom stereocenters. The van der Waals surface area contributed by atoms with Crippen molar-refractivity contribution in [3.8, 4) is 17.0 Å². The maximum atomic E-state index is 12.3. The summed E-state index contributed by atoms with van der Waals surface area (Å²) in [6.07, 6.45) is 1.29. The first-order chi connectivity index (χ1) is 14.6. The Kier molecular flexibility index (Phi) is 7.02. The van der Waals surface area contributed by atoms with Crippen LogP contribution in [0.3, 0.4) is 0 Å². The van der Waals surface area contributed by atoms with E-state index < -0.39 is 0 Å². The lowest BCUT2D eigenvalue weighted by Gasteiger charge is -2.21. The van der Waals surface area contributed by atoms with Gasteiger partial charge in [-0.05, 0) is 61.1 Å². The first kappa shape index (κ1) is 21.3. The Bertz CT molecular complexity index is 1010. The van der Waals surface area contributed by atoms with Gasteiger partial charge in [0.15, 0.2) is 11.7 Å². The number of carbonyl (C=O) groups is 1. The van der Waals surface area contributed by atoms with Crippen LogP contribution in [0.25, 0.3) is 11.3 Å². The molecule has 0 radical (unpaired) electrons. The van der Waals surface area contributed by atoms with E-state index in [4.69, 9.17) is 4.74 Å². The van der Waals surface area contributed by atoms with E-state index in [9.17, 15) is 4.79 Å². The first-order valence-corrected chi connectivity index (χ1v) is 12.9. The maximum absolute atomic E-state index is 12.3. The lowest BCUT2D eigenvalue weighted by Crippen LogP contribution is -2.20. The van der Waals surface area contributed by atoms with E-state index >= 15 is 0 Å². The Morgan fingerprint density at radius 3 is 2.67 bits per heavy atom. The summed E-state index contributed by atoms with van der Waals surface area (Å²) in [6.45, 7) is 4.09. The summed E-state index contributed by atoms with van der Waals surface area (Å²) < 4.78 is 6.17. The molecule has 1 amide bonds. The van der Waals surface area contributed by atoms with Gasteiger partial charge in [-0.1, -0.05) is 29.8 Å². The summed E-state index contributed by atoms with van der Waals surface area (Å²) in [5.41, 5.74) is 5.64. The fourth-order valence-corrected chi connectivity index (χ4v) is 6.79. The van der Waals surface area contributed by atoms with E-state index in [1.807, 2.05) is 41.0 Å². The number of nitrogens with one attached hydrogen (secondary N) is 1. The summed E-state index contributed by atoms with van der Waals surface area (Å²) in [4.78, 5) is 16.9. The number of hydrogen-bond donors (Lipinski definition) is 1. The van der Waals surface area contributed by atoms with Gasteiger partial charge < -0.3 is 4.74 Å². The molecule has 156 valence electrons. The molecule has 0 spiro atoms. The van der Waals surface area contributed by atoms with Crippen molar-refractivity contribution in [2.45, 2.75) is 24.9 Å². The second-order valence-electron chi connectivity index (χ2n) is 7.19. The van der Waals surface area contributed by atoms with Gasteiger partial charge in [0.2, 0.25) is 0 Å². The molecule has 30 heavy (non-hydrogen) atoms. The summed E-state index contributed by atoms with van der Waals surface area (Å²) in [6, 6.07) is 14.4. The smallest absolute Gasteiger partial charge is 0.264 e. The number of ether oxygens (including phenoxy) is 1. The molecule has 1 aliphatic heterocycles. The minimum Gasteiger partial charge on any atom is -0.484 e. The molecule has 1 saturated heterocycles. The third-order valence-electron chi connectivity index (χ3n) is 4.77. The van der Waals surface area contributed by atoms with Crippen LogP contribution in [0, 0.1) is 13.8 Å². The van der Waals surface area contributed by atoms with E-state index in [-0.39, 0.29) is 12.5 Å². The van der Waals surface area contributed by atoms with Gasteiger partial charge in [-0.25, -0.2) is 4.98 Å². The van der Waals surface area contributed by atoms with Crippen molar-refractivity contribution in [1.29, 1.82) is 0 Å². The van der Waals surface area contributed by atoms with Crippen molar-refractivity contribution in [2.75, 3.05) is 23.4 Å². The Hall–Kier alpha value is -1.96. The monoisotopic (exact) mass is 456 g/mol. The molecule has 0 saturated carbocycles. The number of rotatable bonds is 6. The van der Waals surface area contributed by atoms with Crippen LogP contribution >= 0.6 is 34.9 Å². The highest BCUT2D eigenvalue weighted by Gasteiger charge is 2.16. The number of carbonyl (C=O) groups excluding carboxylic acids is 1. The predicted octanol–water partition coefficient (Wildman–Crippen LogP) is 6.31. The Balaban J connectivity index is 1.31. The van der Waals surface area contributed by atoms with Gasteiger partial charge in [0.25, 0.3) is 5.91 Å². The molecule has 3 aromatic rings. The zero-order valence-electron chi connectivity index (χ0n) is 17.0. The molecule has 4 rings (SSSR count). The number of amides is 1. The topological polar surface area (TPSA) is 51.2 Å². The van der Waals surface area contributed by atoms with E-state index in [2.05, 4.69) is 54.5 Å². The van der Waals surface area contributed by atoms with Crippen LogP contribution in [0.5, 0.6) is 5.75 Å². The van der Waals surface area contributed by atoms with Crippen LogP contribution in [-0.4, -0.2) is 29.0 Å². The van der Waals surface area contributed by atoms with Crippen LogP contribution in [0.4, 0.5) is 5.13 Å². The molecule has 0 bridgehead atoms. The van der Waals surface area contributed by atoms with Gasteiger partial charge in [-0.2, -0.15) is 0 Å². The fraction of sp³-hybridized carbons (Fsp3) is 0.304. The van der Waals surface area contributed by atoms with Crippen molar-refractivity contribution < 1.29 is 9.53 Å². The number of aromatic nitrogens is 1. The summed E-state index contributed by atoms with van der Waals surface area (Å²) in [5.74, 6) is 2.94. The highest BCUT2D eigenvalue weighted by Crippen LogP contribution is 2.43. The quantitative estimate of drug-likeness (QED) is 0.471. The second-order valence-corrected chi connectivity index (χ2v) is 10.8. The Labute approximate surface area is 189 Å². The predicted molar refractivity (Wildman–Crippen MR) is 130 cm³/mol. The SMILES string of the molecule is Cc1ccc(C)c(-c2csc(NC(=O)COc3ccc(C4SCCCS4)cc3)n2)c1. The van der Waals surface area contributed by atoms with Crippen LogP contribution in [0.15, 0.2) is 47.8 Å².